The number of aliphatic hydroxyl groups is 2. The van der Waals surface area contributed by atoms with E-state index in [1.54, 1.807) is 30.5 Å². The summed E-state index contributed by atoms with van der Waals surface area (Å²) in [6, 6.07) is 8.55. The number of nitrogens with two attached hydrogens (primary N) is 1. The second-order valence-corrected chi connectivity index (χ2v) is 17.0. The molecule has 0 spiro atoms. The van der Waals surface area contributed by atoms with E-state index in [1.165, 1.54) is 114 Å². The number of rotatable bonds is 29. The van der Waals surface area contributed by atoms with Crippen LogP contribution in [0.1, 0.15) is 153 Å². The number of anilines is 1. The van der Waals surface area contributed by atoms with Crippen LogP contribution in [-0.4, -0.2) is 72.3 Å². The number of ether oxygens (including phenoxy) is 2. The topological polar surface area (TPSA) is 208 Å². The molecular weight excluding hydrogens is 735 g/mol. The second kappa shape index (κ2) is 23.4. The predicted molar refractivity (Wildman–Crippen MR) is 214 cm³/mol. The van der Waals surface area contributed by atoms with E-state index in [-0.39, 0.29) is 31.3 Å². The molecular formula is C41H65N6O8P. The van der Waals surface area contributed by atoms with Gasteiger partial charge in [0.25, 0.3) is 0 Å². The van der Waals surface area contributed by atoms with Crippen molar-refractivity contribution >= 4 is 19.2 Å². The highest BCUT2D eigenvalue weighted by Gasteiger charge is 2.58. The fraction of sp³-hybridized carbons (Fsp3) is 0.707. The van der Waals surface area contributed by atoms with Crippen molar-refractivity contribution in [1.82, 2.24) is 19.6 Å². The van der Waals surface area contributed by atoms with Crippen molar-refractivity contribution in [3.8, 4) is 6.07 Å². The summed E-state index contributed by atoms with van der Waals surface area (Å²) in [5.41, 5.74) is 4.17. The maximum absolute atomic E-state index is 13.1. The summed E-state index contributed by atoms with van der Waals surface area (Å²) in [6.45, 7) is 2.83. The molecule has 1 aliphatic heterocycles. The number of nitrogen functional groups attached to an aromatic ring is 1. The molecule has 0 aromatic carbocycles. The van der Waals surface area contributed by atoms with Crippen LogP contribution in [0.2, 0.25) is 0 Å². The Balaban J connectivity index is 1.16. The van der Waals surface area contributed by atoms with Crippen molar-refractivity contribution in [2.75, 3.05) is 25.6 Å². The average molecular weight is 801 g/mol. The quantitative estimate of drug-likeness (QED) is 0.0387. The number of pyridine rings is 1. The van der Waals surface area contributed by atoms with Gasteiger partial charge in [0.2, 0.25) is 0 Å². The number of nitrogens with zero attached hydrogens (tertiary/aromatic N) is 5. The molecule has 5 atom stereocenters. The molecule has 0 bridgehead atoms. The van der Waals surface area contributed by atoms with Crippen LogP contribution in [0.4, 0.5) is 5.82 Å². The highest BCUT2D eigenvalue weighted by Crippen LogP contribution is 2.48. The van der Waals surface area contributed by atoms with Gasteiger partial charge in [0, 0.05) is 6.20 Å². The molecule has 312 valence electrons. The second-order valence-electron chi connectivity index (χ2n) is 15.5. The zero-order valence-electron chi connectivity index (χ0n) is 33.5. The minimum Gasteiger partial charge on any atom is -0.386 e. The van der Waals surface area contributed by atoms with Crippen molar-refractivity contribution in [2.24, 2.45) is 0 Å². The molecule has 0 radical (unpaired) electrons. The molecule has 3 aromatic rings. The Bertz CT molecular complexity index is 1670. The minimum absolute atomic E-state index is 0.185. The van der Waals surface area contributed by atoms with Crippen LogP contribution in [0, 0.1) is 11.3 Å². The van der Waals surface area contributed by atoms with Crippen LogP contribution in [-0.2, 0) is 35.3 Å². The molecule has 15 heteroatoms. The van der Waals surface area contributed by atoms with Crippen LogP contribution in [0.15, 0.2) is 36.8 Å². The van der Waals surface area contributed by atoms with Crippen molar-refractivity contribution in [3.05, 3.63) is 53.7 Å². The first-order chi connectivity index (χ1) is 27.0. The number of aliphatic hydroxyl groups excluding tert-OH is 1. The molecule has 0 aliphatic carbocycles. The van der Waals surface area contributed by atoms with E-state index in [0.29, 0.717) is 17.6 Å². The summed E-state index contributed by atoms with van der Waals surface area (Å²) in [6.07, 6.45) is 24.4. The van der Waals surface area contributed by atoms with E-state index in [4.69, 9.17) is 29.5 Å². The number of nitriles is 1. The van der Waals surface area contributed by atoms with E-state index in [2.05, 4.69) is 22.0 Å². The third kappa shape index (κ3) is 14.1. The van der Waals surface area contributed by atoms with E-state index in [9.17, 15) is 19.7 Å². The lowest BCUT2D eigenvalue weighted by Gasteiger charge is -2.32. The molecule has 56 heavy (non-hydrogen) atoms. The Morgan fingerprint density at radius 2 is 1.55 bits per heavy atom. The van der Waals surface area contributed by atoms with E-state index in [0.717, 1.165) is 24.8 Å². The van der Waals surface area contributed by atoms with Gasteiger partial charge >= 0.3 is 7.82 Å². The van der Waals surface area contributed by atoms with E-state index >= 15 is 0 Å². The number of hydrogen-bond acceptors (Lipinski definition) is 12. The molecule has 4 rings (SSSR count). The fourth-order valence-corrected chi connectivity index (χ4v) is 8.10. The molecule has 3 aromatic heterocycles. The maximum Gasteiger partial charge on any atom is 0.472 e. The lowest BCUT2D eigenvalue weighted by molar-refractivity contribution is -0.100. The molecule has 0 saturated carbocycles. The normalized spacial score (nSPS) is 21.3. The molecule has 1 saturated heterocycles. The number of unbranched alkanes of at least 4 members (excludes halogenated alkanes) is 17. The van der Waals surface area contributed by atoms with Gasteiger partial charge in [-0.25, -0.2) is 19.0 Å². The van der Waals surface area contributed by atoms with Gasteiger partial charge in [-0.2, -0.15) is 10.4 Å². The fourth-order valence-electron chi connectivity index (χ4n) is 7.26. The Labute approximate surface area is 332 Å². The summed E-state index contributed by atoms with van der Waals surface area (Å²) in [4.78, 5) is 18.7. The van der Waals surface area contributed by atoms with Crippen LogP contribution in [0.25, 0.3) is 5.52 Å². The van der Waals surface area contributed by atoms with Crippen molar-refractivity contribution < 1.29 is 38.2 Å². The standard InChI is InChI=1S/C41H65N6O8P/c1-3-4-5-6-7-8-9-10-11-12-13-14-15-16-17-18-19-20-21-35(52-28-33-22-23-34(26-42)44-27-33)29-54-56(50,51)55-30-40(2)39(48)41(49,31-53-40)37-25-24-36-38(43)45-32-46-47(36)37/h22-25,27,32,35,39,48-49H,3-21,28-31H2,1-2H3,(H,50,51)(H2,43,45,46)/t35-,39-,40-,41?/m1/s1. The van der Waals surface area contributed by atoms with Crippen LogP contribution in [0.3, 0.4) is 0 Å². The molecule has 5 N–H and O–H groups in total. The average Bonchev–Trinajstić information content (AvgIpc) is 3.74. The number of hydrogen-bond donors (Lipinski definition) is 4. The van der Waals surface area contributed by atoms with Gasteiger partial charge in [-0.15, -0.1) is 0 Å². The summed E-state index contributed by atoms with van der Waals surface area (Å²) >= 11 is 0. The Morgan fingerprint density at radius 1 is 0.946 bits per heavy atom. The molecule has 14 nitrogen and oxygen atoms in total. The monoisotopic (exact) mass is 800 g/mol. The van der Waals surface area contributed by atoms with Crippen molar-refractivity contribution in [3.63, 3.8) is 0 Å². The highest BCUT2D eigenvalue weighted by molar-refractivity contribution is 7.47. The Hall–Kier alpha value is -2.99. The highest BCUT2D eigenvalue weighted by atomic mass is 31.2. The molecule has 0 amide bonds. The van der Waals surface area contributed by atoms with Crippen molar-refractivity contribution in [2.45, 2.75) is 166 Å². The first-order valence-electron chi connectivity index (χ1n) is 20.7. The largest absolute Gasteiger partial charge is 0.472 e. The number of phosphoric acid groups is 1. The zero-order valence-corrected chi connectivity index (χ0v) is 34.4. The third-order valence-corrected chi connectivity index (χ3v) is 11.8. The van der Waals surface area contributed by atoms with E-state index < -0.39 is 37.8 Å². The summed E-state index contributed by atoms with van der Waals surface area (Å²) < 4.78 is 37.1. The van der Waals surface area contributed by atoms with Gasteiger partial charge < -0.3 is 30.3 Å². The van der Waals surface area contributed by atoms with Gasteiger partial charge in [-0.05, 0) is 37.1 Å². The molecule has 4 heterocycles. The Kier molecular flexibility index (Phi) is 19.1. The molecule has 2 unspecified atom stereocenters. The number of fused-ring (bicyclic) bond motifs is 1. The Morgan fingerprint density at radius 3 is 2.12 bits per heavy atom. The van der Waals surface area contributed by atoms with Gasteiger partial charge in [0.05, 0.1) is 38.2 Å². The lowest BCUT2D eigenvalue weighted by atomic mass is 9.86. The van der Waals surface area contributed by atoms with Crippen LogP contribution in [0.5, 0.6) is 0 Å². The minimum atomic E-state index is -4.64. The van der Waals surface area contributed by atoms with Crippen LogP contribution < -0.4 is 5.73 Å². The summed E-state index contributed by atoms with van der Waals surface area (Å²) in [5, 5.41) is 36.0. The predicted octanol–water partition coefficient (Wildman–Crippen LogP) is 8.07. The van der Waals surface area contributed by atoms with Gasteiger partial charge in [0.15, 0.2) is 11.4 Å². The van der Waals surface area contributed by atoms with Gasteiger partial charge in [-0.1, -0.05) is 129 Å². The number of aromatic nitrogens is 4. The SMILES string of the molecule is CCCCCCCCCCCCCCCCCCCC[C@H](COP(=O)(O)OC[C@@]1(C)OCC(O)(c2ccc3c(N)ncnn23)[C@@H]1O)OCc1ccc(C#N)nc1. The van der Waals surface area contributed by atoms with Crippen LogP contribution >= 0.6 is 7.82 Å². The van der Waals surface area contributed by atoms with E-state index in [1.807, 2.05) is 6.07 Å². The van der Waals surface area contributed by atoms with Crippen molar-refractivity contribution in [1.29, 1.82) is 5.26 Å². The number of phosphoric ester groups is 1. The lowest BCUT2D eigenvalue weighted by Crippen LogP contribution is -2.49. The van der Waals surface area contributed by atoms with Gasteiger partial charge in [-0.3, -0.25) is 9.05 Å². The molecule has 1 fully saturated rings. The maximum atomic E-state index is 13.1. The smallest absolute Gasteiger partial charge is 0.386 e. The zero-order chi connectivity index (χ0) is 40.3. The molecule has 1 aliphatic rings. The summed E-state index contributed by atoms with van der Waals surface area (Å²) in [5.74, 6) is 0.198. The summed E-state index contributed by atoms with van der Waals surface area (Å²) in [7, 11) is -4.64. The van der Waals surface area contributed by atoms with Gasteiger partial charge in [0.1, 0.15) is 35.3 Å². The first-order valence-corrected chi connectivity index (χ1v) is 22.2. The third-order valence-electron chi connectivity index (χ3n) is 10.8. The first kappa shape index (κ1) is 45.7.